The smallest absolute Gasteiger partial charge is 0.123 e. The van der Waals surface area contributed by atoms with Gasteiger partial charge in [0.15, 0.2) is 0 Å². The van der Waals surface area contributed by atoms with Crippen molar-refractivity contribution >= 4 is 11.6 Å². The first kappa shape index (κ1) is 15.7. The molecule has 0 spiro atoms. The van der Waals surface area contributed by atoms with Gasteiger partial charge in [-0.15, -0.1) is 0 Å². The highest BCUT2D eigenvalue weighted by molar-refractivity contribution is 6.30. The van der Waals surface area contributed by atoms with Gasteiger partial charge >= 0.3 is 0 Å². The second-order valence-corrected chi connectivity index (χ2v) is 6.54. The van der Waals surface area contributed by atoms with Crippen LogP contribution in [0.25, 0.3) is 0 Å². The normalized spacial score (nSPS) is 24.4. The molecule has 0 amide bonds. The number of hydrogen-bond acceptors (Lipinski definition) is 2. The lowest BCUT2D eigenvalue weighted by Crippen LogP contribution is -2.25. The van der Waals surface area contributed by atoms with Crippen molar-refractivity contribution in [3.63, 3.8) is 0 Å². The van der Waals surface area contributed by atoms with Crippen LogP contribution in [0.2, 0.25) is 5.02 Å². The maximum Gasteiger partial charge on any atom is 0.123 e. The molecule has 112 valence electrons. The van der Waals surface area contributed by atoms with Gasteiger partial charge in [0.1, 0.15) is 5.75 Å². The molecule has 0 saturated heterocycles. The zero-order valence-corrected chi connectivity index (χ0v) is 13.3. The fourth-order valence-electron chi connectivity index (χ4n) is 3.01. The average Bonchev–Trinajstić information content (AvgIpc) is 2.42. The zero-order valence-electron chi connectivity index (χ0n) is 12.6. The fraction of sp³-hybridized carbons (Fsp3) is 0.647. The van der Waals surface area contributed by atoms with E-state index < -0.39 is 0 Å². The minimum Gasteiger partial charge on any atom is -0.490 e. The molecule has 0 heterocycles. The first-order valence-electron chi connectivity index (χ1n) is 7.79. The lowest BCUT2D eigenvalue weighted by atomic mass is 9.86. The van der Waals surface area contributed by atoms with Crippen molar-refractivity contribution in [3.05, 3.63) is 28.8 Å². The number of hydrogen-bond donors (Lipinski definition) is 1. The van der Waals surface area contributed by atoms with E-state index in [1.807, 2.05) is 25.1 Å². The number of halogens is 1. The zero-order chi connectivity index (χ0) is 14.5. The molecular formula is C17H26ClNO. The summed E-state index contributed by atoms with van der Waals surface area (Å²) >= 11 is 6.08. The Bertz CT molecular complexity index is 425. The van der Waals surface area contributed by atoms with Crippen LogP contribution in [-0.4, -0.2) is 12.1 Å². The van der Waals surface area contributed by atoms with Crippen molar-refractivity contribution in [2.75, 3.05) is 0 Å². The van der Waals surface area contributed by atoms with Crippen LogP contribution in [0, 0.1) is 5.92 Å². The molecule has 0 bridgehead atoms. The molecule has 20 heavy (non-hydrogen) atoms. The Morgan fingerprint density at radius 3 is 2.60 bits per heavy atom. The minimum absolute atomic E-state index is 0.117. The van der Waals surface area contributed by atoms with Crippen LogP contribution in [-0.2, 0) is 6.42 Å². The highest BCUT2D eigenvalue weighted by Gasteiger charge is 2.22. The van der Waals surface area contributed by atoms with E-state index in [0.29, 0.717) is 6.10 Å². The summed E-state index contributed by atoms with van der Waals surface area (Å²) < 4.78 is 6.22. The Kier molecular flexibility index (Phi) is 5.74. The van der Waals surface area contributed by atoms with Crippen LogP contribution in [0.1, 0.15) is 51.5 Å². The Labute approximate surface area is 127 Å². The van der Waals surface area contributed by atoms with Crippen molar-refractivity contribution in [3.8, 4) is 5.75 Å². The SMILES string of the molecule is CCC1CCC(Oc2ccc(Cl)cc2CC(C)N)CC1. The van der Waals surface area contributed by atoms with Crippen LogP contribution < -0.4 is 10.5 Å². The summed E-state index contributed by atoms with van der Waals surface area (Å²) in [5.74, 6) is 1.86. The first-order valence-corrected chi connectivity index (χ1v) is 8.17. The molecule has 2 rings (SSSR count). The van der Waals surface area contributed by atoms with Gasteiger partial charge < -0.3 is 10.5 Å². The van der Waals surface area contributed by atoms with Crippen molar-refractivity contribution < 1.29 is 4.74 Å². The third kappa shape index (κ3) is 4.39. The number of ether oxygens (including phenoxy) is 1. The van der Waals surface area contributed by atoms with Gasteiger partial charge in [-0.25, -0.2) is 0 Å². The molecule has 1 fully saturated rings. The van der Waals surface area contributed by atoms with Crippen LogP contribution in [0.4, 0.5) is 0 Å². The molecule has 2 N–H and O–H groups in total. The Morgan fingerprint density at radius 1 is 1.30 bits per heavy atom. The summed E-state index contributed by atoms with van der Waals surface area (Å²) in [6.45, 7) is 4.29. The van der Waals surface area contributed by atoms with E-state index in [9.17, 15) is 0 Å². The summed E-state index contributed by atoms with van der Waals surface area (Å²) in [7, 11) is 0. The number of nitrogens with two attached hydrogens (primary N) is 1. The van der Waals surface area contributed by atoms with Crippen LogP contribution in [0.15, 0.2) is 18.2 Å². The lowest BCUT2D eigenvalue weighted by Gasteiger charge is -2.29. The van der Waals surface area contributed by atoms with Crippen molar-refractivity contribution in [1.29, 1.82) is 0 Å². The standard InChI is InChI=1S/C17H26ClNO/c1-3-13-4-7-16(8-5-13)20-17-9-6-15(18)11-14(17)10-12(2)19/h6,9,11-13,16H,3-5,7-8,10,19H2,1-2H3. The maximum absolute atomic E-state index is 6.22. The second-order valence-electron chi connectivity index (χ2n) is 6.10. The van der Waals surface area contributed by atoms with E-state index in [4.69, 9.17) is 22.1 Å². The van der Waals surface area contributed by atoms with Crippen molar-refractivity contribution in [2.45, 2.75) is 64.5 Å². The first-order chi connectivity index (χ1) is 9.58. The molecule has 1 aliphatic carbocycles. The molecule has 1 saturated carbocycles. The number of benzene rings is 1. The van der Waals surface area contributed by atoms with E-state index in [0.717, 1.165) is 28.7 Å². The van der Waals surface area contributed by atoms with Gasteiger partial charge in [-0.05, 0) is 68.7 Å². The highest BCUT2D eigenvalue weighted by Crippen LogP contribution is 2.31. The lowest BCUT2D eigenvalue weighted by molar-refractivity contribution is 0.128. The molecule has 1 aromatic rings. The maximum atomic E-state index is 6.22. The molecule has 0 aliphatic heterocycles. The topological polar surface area (TPSA) is 35.2 Å². The fourth-order valence-corrected chi connectivity index (χ4v) is 3.20. The van der Waals surface area contributed by atoms with E-state index in [1.165, 1.54) is 32.1 Å². The average molecular weight is 296 g/mol. The van der Waals surface area contributed by atoms with Crippen molar-refractivity contribution in [2.24, 2.45) is 11.7 Å². The Balaban J connectivity index is 2.01. The molecular weight excluding hydrogens is 270 g/mol. The van der Waals surface area contributed by atoms with E-state index in [1.54, 1.807) is 0 Å². The van der Waals surface area contributed by atoms with Crippen LogP contribution in [0.3, 0.4) is 0 Å². The van der Waals surface area contributed by atoms with Crippen LogP contribution >= 0.6 is 11.6 Å². The molecule has 1 aliphatic rings. The van der Waals surface area contributed by atoms with Crippen LogP contribution in [0.5, 0.6) is 5.75 Å². The van der Waals surface area contributed by atoms with Gasteiger partial charge in [-0.2, -0.15) is 0 Å². The van der Waals surface area contributed by atoms with Gasteiger partial charge in [-0.1, -0.05) is 24.9 Å². The Morgan fingerprint density at radius 2 is 2.00 bits per heavy atom. The van der Waals surface area contributed by atoms with Gasteiger partial charge in [-0.3, -0.25) is 0 Å². The van der Waals surface area contributed by atoms with Crippen molar-refractivity contribution in [1.82, 2.24) is 0 Å². The molecule has 0 aromatic heterocycles. The van der Waals surface area contributed by atoms with Gasteiger partial charge in [0, 0.05) is 11.1 Å². The summed E-state index contributed by atoms with van der Waals surface area (Å²) in [5, 5.41) is 0.752. The molecule has 1 aromatic carbocycles. The van der Waals surface area contributed by atoms with E-state index in [2.05, 4.69) is 6.92 Å². The summed E-state index contributed by atoms with van der Waals surface area (Å²) in [5.41, 5.74) is 7.04. The minimum atomic E-state index is 0.117. The van der Waals surface area contributed by atoms with E-state index >= 15 is 0 Å². The number of rotatable bonds is 5. The summed E-state index contributed by atoms with van der Waals surface area (Å²) in [6, 6.07) is 6.00. The second kappa shape index (κ2) is 7.33. The molecule has 1 unspecified atom stereocenters. The van der Waals surface area contributed by atoms with Gasteiger partial charge in [0.2, 0.25) is 0 Å². The summed E-state index contributed by atoms with van der Waals surface area (Å²) in [4.78, 5) is 0. The third-order valence-corrected chi connectivity index (χ3v) is 4.46. The molecule has 1 atom stereocenters. The predicted octanol–water partition coefficient (Wildman–Crippen LogP) is 4.58. The third-order valence-electron chi connectivity index (χ3n) is 4.23. The predicted molar refractivity (Wildman–Crippen MR) is 85.5 cm³/mol. The van der Waals surface area contributed by atoms with E-state index in [-0.39, 0.29) is 6.04 Å². The Hall–Kier alpha value is -0.730. The molecule has 2 nitrogen and oxygen atoms in total. The van der Waals surface area contributed by atoms with Gasteiger partial charge in [0.25, 0.3) is 0 Å². The highest BCUT2D eigenvalue weighted by atomic mass is 35.5. The molecule has 0 radical (unpaired) electrons. The summed E-state index contributed by atoms with van der Waals surface area (Å²) in [6.07, 6.45) is 7.36. The largest absolute Gasteiger partial charge is 0.490 e. The quantitative estimate of drug-likeness (QED) is 0.863. The molecule has 3 heteroatoms. The monoisotopic (exact) mass is 295 g/mol. The van der Waals surface area contributed by atoms with Gasteiger partial charge in [0.05, 0.1) is 6.10 Å².